The van der Waals surface area contributed by atoms with Crippen molar-refractivity contribution in [1.29, 1.82) is 0 Å². The average molecular weight is 672 g/mol. The largest absolute Gasteiger partial charge is 0.486 e. The van der Waals surface area contributed by atoms with E-state index in [0.29, 0.717) is 12.8 Å². The Hall–Kier alpha value is -6.52. The number of carbonyl (C=O) groups is 1. The van der Waals surface area contributed by atoms with Gasteiger partial charge in [-0.3, -0.25) is 4.79 Å². The van der Waals surface area contributed by atoms with Crippen LogP contribution in [0.1, 0.15) is 18.4 Å². The molecule has 5 aromatic carbocycles. The molecule has 7 heteroatoms. The summed E-state index contributed by atoms with van der Waals surface area (Å²) in [6, 6.07) is 45.7. The van der Waals surface area contributed by atoms with Gasteiger partial charge in [0, 0.05) is 68.0 Å². The van der Waals surface area contributed by atoms with Crippen molar-refractivity contribution in [3.05, 3.63) is 179 Å². The van der Waals surface area contributed by atoms with Gasteiger partial charge in [0.15, 0.2) is 0 Å². The van der Waals surface area contributed by atoms with E-state index in [4.69, 9.17) is 6.57 Å². The first-order chi connectivity index (χ1) is 24.7. The van der Waals surface area contributed by atoms with Gasteiger partial charge < -0.3 is 24.7 Å². The zero-order chi connectivity index (χ0) is 35.9. The molecule has 0 spiro atoms. The lowest BCUT2D eigenvalue weighted by Crippen LogP contribution is -2.17. The molecule has 0 saturated heterocycles. The van der Waals surface area contributed by atoms with Crippen LogP contribution in [-0.2, 0) is 4.79 Å². The van der Waals surface area contributed by atoms with Crippen LogP contribution in [0, 0.1) is 6.57 Å². The fraction of sp³-hybridized carbons (Fsp3) is 0.136. The molecule has 0 bridgehead atoms. The van der Waals surface area contributed by atoms with E-state index < -0.39 is 5.97 Å². The van der Waals surface area contributed by atoms with E-state index >= 15 is 0 Å². The number of benzene rings is 5. The number of hydrogen-bond donors (Lipinski definition) is 1. The maximum absolute atomic E-state index is 12.0. The summed E-state index contributed by atoms with van der Waals surface area (Å²) in [7, 11) is 8.16. The van der Waals surface area contributed by atoms with Crippen LogP contribution in [0.5, 0.6) is 0 Å². The highest BCUT2D eigenvalue weighted by Gasteiger charge is 2.27. The van der Waals surface area contributed by atoms with E-state index in [0.717, 1.165) is 62.2 Å². The summed E-state index contributed by atoms with van der Waals surface area (Å²) < 4.78 is 0. The summed E-state index contributed by atoms with van der Waals surface area (Å²) in [5.41, 5.74) is 10.8. The van der Waals surface area contributed by atoms with Crippen LogP contribution in [0.15, 0.2) is 162 Å². The molecule has 0 amide bonds. The van der Waals surface area contributed by atoms with Crippen LogP contribution in [0.2, 0.25) is 0 Å². The summed E-state index contributed by atoms with van der Waals surface area (Å²) in [6.45, 7) is 7.54. The van der Waals surface area contributed by atoms with Gasteiger partial charge in [-0.25, -0.2) is 4.85 Å². The molecule has 0 aliphatic heterocycles. The highest BCUT2D eigenvalue weighted by molar-refractivity contribution is 5.90. The third-order valence-electron chi connectivity index (χ3n) is 8.92. The molecule has 254 valence electrons. The van der Waals surface area contributed by atoms with E-state index in [9.17, 15) is 9.90 Å². The number of carboxylic acid groups (broad SMARTS) is 1. The first-order valence-corrected chi connectivity index (χ1v) is 16.8. The molecule has 7 nitrogen and oxygen atoms in total. The fourth-order valence-corrected chi connectivity index (χ4v) is 6.32. The van der Waals surface area contributed by atoms with Crippen molar-refractivity contribution < 1.29 is 9.90 Å². The maximum atomic E-state index is 12.0. The van der Waals surface area contributed by atoms with Crippen molar-refractivity contribution in [3.8, 4) is 0 Å². The van der Waals surface area contributed by atoms with Gasteiger partial charge >= 0.3 is 5.97 Å². The van der Waals surface area contributed by atoms with Crippen LogP contribution in [0.3, 0.4) is 0 Å². The topological polar surface area (TPSA) is 54.6 Å². The molecule has 0 radical (unpaired) electrons. The minimum atomic E-state index is -1.23. The molecule has 0 unspecified atom stereocenters. The van der Waals surface area contributed by atoms with E-state index in [-0.39, 0.29) is 5.70 Å². The van der Waals surface area contributed by atoms with Gasteiger partial charge in [0.05, 0.1) is 12.3 Å². The van der Waals surface area contributed by atoms with E-state index in [2.05, 4.69) is 103 Å². The Kier molecular flexibility index (Phi) is 10.3. The predicted octanol–water partition coefficient (Wildman–Crippen LogP) is 10.4. The second kappa shape index (κ2) is 15.4. The number of carboxylic acids is 1. The lowest BCUT2D eigenvalue weighted by Gasteiger charge is -2.29. The van der Waals surface area contributed by atoms with Crippen LogP contribution >= 0.6 is 0 Å². The first-order valence-electron chi connectivity index (χ1n) is 16.8. The van der Waals surface area contributed by atoms with Crippen molar-refractivity contribution in [1.82, 2.24) is 0 Å². The molecule has 1 aliphatic rings. The third-order valence-corrected chi connectivity index (χ3v) is 8.92. The maximum Gasteiger partial charge on any atom is 0.333 e. The van der Waals surface area contributed by atoms with Crippen molar-refractivity contribution in [3.63, 3.8) is 0 Å². The van der Waals surface area contributed by atoms with E-state index in [1.807, 2.05) is 88.9 Å². The normalized spacial score (nSPS) is 13.5. The Morgan fingerprint density at radius 3 is 1.41 bits per heavy atom. The molecule has 5 aromatic rings. The van der Waals surface area contributed by atoms with Crippen molar-refractivity contribution in [2.45, 2.75) is 12.8 Å². The van der Waals surface area contributed by atoms with Crippen LogP contribution < -0.4 is 19.6 Å². The van der Waals surface area contributed by atoms with E-state index in [1.54, 1.807) is 0 Å². The number of para-hydroxylation sites is 2. The SMILES string of the molecule is [C-]#[N+]C(=CC1=C(N(c2ccccc2)c2ccccc2)C(=Cc2ccc(N(c3ccc(N(C)C)cc3)c3ccc(N(C)C)cc3)cc2)CC1)C(=O)O. The summed E-state index contributed by atoms with van der Waals surface area (Å²) in [6.07, 6.45) is 5.03. The average Bonchev–Trinajstić information content (AvgIpc) is 3.53. The first kappa shape index (κ1) is 34.3. The van der Waals surface area contributed by atoms with Crippen LogP contribution in [0.25, 0.3) is 10.9 Å². The Labute approximate surface area is 300 Å². The van der Waals surface area contributed by atoms with Gasteiger partial charge in [0.25, 0.3) is 5.70 Å². The van der Waals surface area contributed by atoms with Gasteiger partial charge in [-0.05, 0) is 127 Å². The molecule has 1 aliphatic carbocycles. The highest BCUT2D eigenvalue weighted by Crippen LogP contribution is 2.43. The Balaban J connectivity index is 1.44. The molecule has 0 saturated carbocycles. The number of aliphatic carboxylic acids is 1. The lowest BCUT2D eigenvalue weighted by molar-refractivity contribution is -0.132. The summed E-state index contributed by atoms with van der Waals surface area (Å²) >= 11 is 0. The van der Waals surface area contributed by atoms with Gasteiger partial charge in [0.1, 0.15) is 0 Å². The third kappa shape index (κ3) is 7.71. The smallest absolute Gasteiger partial charge is 0.333 e. The molecule has 51 heavy (non-hydrogen) atoms. The molecule has 1 N–H and O–H groups in total. The predicted molar refractivity (Wildman–Crippen MR) is 211 cm³/mol. The number of rotatable bonds is 11. The van der Waals surface area contributed by atoms with Crippen molar-refractivity contribution in [2.24, 2.45) is 0 Å². The molecule has 0 fully saturated rings. The number of hydrogen-bond acceptors (Lipinski definition) is 5. The van der Waals surface area contributed by atoms with Gasteiger partial charge in [-0.1, -0.05) is 48.5 Å². The van der Waals surface area contributed by atoms with E-state index in [1.165, 1.54) is 6.08 Å². The Bertz CT molecular complexity index is 2020. The molecule has 0 atom stereocenters. The minimum absolute atomic E-state index is 0.300. The van der Waals surface area contributed by atoms with Gasteiger partial charge in [-0.2, -0.15) is 0 Å². The zero-order valence-corrected chi connectivity index (χ0v) is 29.4. The molecular weight excluding hydrogens is 631 g/mol. The zero-order valence-electron chi connectivity index (χ0n) is 29.4. The van der Waals surface area contributed by atoms with Gasteiger partial charge in [0.2, 0.25) is 0 Å². The highest BCUT2D eigenvalue weighted by atomic mass is 16.4. The summed E-state index contributed by atoms with van der Waals surface area (Å²) in [5, 5.41) is 9.76. The molecule has 0 aromatic heterocycles. The fourth-order valence-electron chi connectivity index (χ4n) is 6.32. The molecule has 6 rings (SSSR count). The minimum Gasteiger partial charge on any atom is -0.486 e. The second-order valence-electron chi connectivity index (χ2n) is 12.7. The molecule has 0 heterocycles. The lowest BCUT2D eigenvalue weighted by atomic mass is 10.0. The summed E-state index contributed by atoms with van der Waals surface area (Å²) in [5.74, 6) is -1.23. The molecular formula is C44H41N5O2. The second-order valence-corrected chi connectivity index (χ2v) is 12.7. The standard InChI is InChI=1S/C44H41N5O2/c1-45-42(44(50)51)31-34-19-18-33(43(34)49(37-12-8-6-9-13-37)38-14-10-7-11-15-38)30-32-16-20-39(21-17-32)48(40-26-22-35(23-27-40)46(2)3)41-28-24-36(25-29-41)47(4)5/h6-17,20-31H,18-19H2,2-5H3,(H,50,51). The summed E-state index contributed by atoms with van der Waals surface area (Å²) in [4.78, 5) is 23.9. The number of anilines is 7. The van der Waals surface area contributed by atoms with Crippen LogP contribution in [0.4, 0.5) is 39.8 Å². The van der Waals surface area contributed by atoms with Crippen molar-refractivity contribution >= 4 is 51.9 Å². The van der Waals surface area contributed by atoms with Crippen molar-refractivity contribution in [2.75, 3.05) is 47.8 Å². The Morgan fingerprint density at radius 1 is 0.588 bits per heavy atom. The Morgan fingerprint density at radius 2 is 1.00 bits per heavy atom. The van der Waals surface area contributed by atoms with Gasteiger partial charge in [-0.15, -0.1) is 0 Å². The quantitative estimate of drug-likeness (QED) is 0.111. The number of nitrogens with zero attached hydrogens (tertiary/aromatic N) is 5. The van der Waals surface area contributed by atoms with Crippen LogP contribution in [-0.4, -0.2) is 39.3 Å². The number of allylic oxidation sites excluding steroid dienone is 3. The monoisotopic (exact) mass is 671 g/mol.